The van der Waals surface area contributed by atoms with Gasteiger partial charge in [-0.3, -0.25) is 0 Å². The predicted octanol–water partition coefficient (Wildman–Crippen LogP) is 18.3. The average molecular weight is 840 g/mol. The maximum atomic E-state index is 6.32. The quantitative estimate of drug-likeness (QED) is 0.149. The molecule has 0 aliphatic heterocycles. The van der Waals surface area contributed by atoms with Crippen LogP contribution in [0.4, 0.5) is 17.1 Å². The Morgan fingerprint density at radius 3 is 1.33 bits per heavy atom. The van der Waals surface area contributed by atoms with Gasteiger partial charge in [0, 0.05) is 27.7 Å². The second kappa shape index (κ2) is 15.5. The van der Waals surface area contributed by atoms with E-state index in [9.17, 15) is 0 Å². The van der Waals surface area contributed by atoms with Gasteiger partial charge in [-0.15, -0.1) is 0 Å². The number of benzene rings is 12. The first-order valence-corrected chi connectivity index (χ1v) is 22.7. The van der Waals surface area contributed by atoms with Crippen molar-refractivity contribution in [2.24, 2.45) is 0 Å². The summed E-state index contributed by atoms with van der Waals surface area (Å²) in [4.78, 5) is 2.44. The smallest absolute Gasteiger partial charge is 0.136 e. The lowest BCUT2D eigenvalue weighted by Crippen LogP contribution is -2.11. The van der Waals surface area contributed by atoms with E-state index in [0.717, 1.165) is 66.8 Å². The Balaban J connectivity index is 1.02. The molecule has 0 aliphatic rings. The minimum absolute atomic E-state index is 0.893. The van der Waals surface area contributed by atoms with Gasteiger partial charge in [-0.25, -0.2) is 0 Å². The molecule has 0 atom stereocenters. The van der Waals surface area contributed by atoms with Crippen LogP contribution < -0.4 is 4.90 Å². The van der Waals surface area contributed by atoms with Gasteiger partial charge in [-0.05, 0) is 137 Å². The fraction of sp³-hybridized carbons (Fsp3) is 0. The first-order valence-electron chi connectivity index (χ1n) is 22.7. The molecule has 12 aromatic carbocycles. The summed E-state index contributed by atoms with van der Waals surface area (Å²) in [5.41, 5.74) is 14.4. The first kappa shape index (κ1) is 37.8. The summed E-state index contributed by atoms with van der Waals surface area (Å²) in [6.07, 6.45) is 0. The number of fused-ring (bicyclic) bond motifs is 9. The zero-order valence-electron chi connectivity index (χ0n) is 36.0. The highest BCUT2D eigenvalue weighted by atomic mass is 16.3. The molecule has 0 saturated heterocycles. The Morgan fingerprint density at radius 2 is 0.712 bits per heavy atom. The number of hydrogen-bond donors (Lipinski definition) is 0. The van der Waals surface area contributed by atoms with Crippen LogP contribution in [0.25, 0.3) is 110 Å². The van der Waals surface area contributed by atoms with Crippen LogP contribution in [-0.4, -0.2) is 0 Å². The summed E-state index contributed by atoms with van der Waals surface area (Å²) in [5, 5.41) is 12.3. The van der Waals surface area contributed by atoms with E-state index in [0.29, 0.717) is 0 Å². The summed E-state index contributed by atoms with van der Waals surface area (Å²) in [7, 11) is 0. The second-order valence-electron chi connectivity index (χ2n) is 17.2. The van der Waals surface area contributed by atoms with E-state index in [-0.39, 0.29) is 0 Å². The van der Waals surface area contributed by atoms with Crippen LogP contribution in [0, 0.1) is 0 Å². The molecule has 2 heteroatoms. The summed E-state index contributed by atoms with van der Waals surface area (Å²) >= 11 is 0. The highest BCUT2D eigenvalue weighted by molar-refractivity contribution is 6.16. The van der Waals surface area contributed by atoms with Crippen molar-refractivity contribution in [1.29, 1.82) is 0 Å². The van der Waals surface area contributed by atoms with Gasteiger partial charge in [0.05, 0.1) is 5.69 Å². The largest absolute Gasteiger partial charge is 0.456 e. The number of hydrogen-bond acceptors (Lipinski definition) is 2. The molecule has 2 nitrogen and oxygen atoms in total. The van der Waals surface area contributed by atoms with Gasteiger partial charge < -0.3 is 9.32 Å². The lowest BCUT2D eigenvalue weighted by Gasteiger charge is -2.29. The topological polar surface area (TPSA) is 16.4 Å². The van der Waals surface area contributed by atoms with Crippen molar-refractivity contribution in [2.75, 3.05) is 4.90 Å². The molecule has 0 fully saturated rings. The minimum Gasteiger partial charge on any atom is -0.456 e. The molecule has 1 aromatic heterocycles. The molecule has 0 spiro atoms. The maximum Gasteiger partial charge on any atom is 0.136 e. The molecular weight excluding hydrogens is 799 g/mol. The Hall–Kier alpha value is -8.72. The molecule has 0 bridgehead atoms. The average Bonchev–Trinajstić information content (AvgIpc) is 3.78. The molecule has 0 radical (unpaired) electrons. The fourth-order valence-electron chi connectivity index (χ4n) is 10.4. The Morgan fingerprint density at radius 1 is 0.258 bits per heavy atom. The maximum absolute atomic E-state index is 6.32. The summed E-state index contributed by atoms with van der Waals surface area (Å²) in [5.74, 6) is 0. The minimum atomic E-state index is 0.893. The van der Waals surface area contributed by atoms with E-state index >= 15 is 0 Å². The molecule has 1 heterocycles. The highest BCUT2D eigenvalue weighted by Crippen LogP contribution is 2.46. The van der Waals surface area contributed by atoms with Gasteiger partial charge in [0.15, 0.2) is 0 Å². The Bertz CT molecular complexity index is 3980. The SMILES string of the molecule is c1ccc(-c2ccc(-c3cc4ccccc4c4ccccc34)cc2N(c2ccc(-c3cc4ccccc4c4ccccc34)cc2)c2ccc(-c3cccc4oc5ccccc5c34)cc2)cc1. The van der Waals surface area contributed by atoms with Crippen LogP contribution in [0.15, 0.2) is 253 Å². The molecule has 0 saturated carbocycles. The summed E-state index contributed by atoms with van der Waals surface area (Å²) < 4.78 is 6.32. The van der Waals surface area contributed by atoms with Gasteiger partial charge in [0.1, 0.15) is 11.2 Å². The van der Waals surface area contributed by atoms with E-state index in [1.807, 2.05) is 12.1 Å². The van der Waals surface area contributed by atoms with Gasteiger partial charge in [-0.2, -0.15) is 0 Å². The third-order valence-electron chi connectivity index (χ3n) is 13.4. The number of para-hydroxylation sites is 1. The number of nitrogens with zero attached hydrogens (tertiary/aromatic N) is 1. The molecule has 308 valence electrons. The molecule has 13 rings (SSSR count). The number of furan rings is 1. The van der Waals surface area contributed by atoms with Crippen molar-refractivity contribution in [3.8, 4) is 44.5 Å². The fourth-order valence-corrected chi connectivity index (χ4v) is 10.4. The van der Waals surface area contributed by atoms with E-state index < -0.39 is 0 Å². The van der Waals surface area contributed by atoms with E-state index in [1.54, 1.807) is 0 Å². The number of rotatable bonds is 7. The predicted molar refractivity (Wildman–Crippen MR) is 280 cm³/mol. The van der Waals surface area contributed by atoms with Crippen molar-refractivity contribution in [3.63, 3.8) is 0 Å². The standard InChI is InChI=1S/C64H41NO/c1-2-15-42(16-3-1)52-38-33-47(60-40-46-18-5-7-20-51(46)55-22-9-11-24-57(55)60)41-61(52)65(48-34-29-43(30-35-48)53-26-14-28-63-64(53)58-25-12-13-27-62(58)66-63)49-36-31-44(32-37-49)59-39-45-17-4-6-19-50(45)54-21-8-10-23-56(54)59/h1-41H. The van der Waals surface area contributed by atoms with Crippen LogP contribution >= 0.6 is 0 Å². The van der Waals surface area contributed by atoms with Crippen LogP contribution in [0.2, 0.25) is 0 Å². The van der Waals surface area contributed by atoms with Crippen LogP contribution in [0.5, 0.6) is 0 Å². The van der Waals surface area contributed by atoms with Crippen molar-refractivity contribution < 1.29 is 4.42 Å². The molecule has 0 unspecified atom stereocenters. The highest BCUT2D eigenvalue weighted by Gasteiger charge is 2.21. The molecular formula is C64H41NO. The van der Waals surface area contributed by atoms with Crippen LogP contribution in [0.1, 0.15) is 0 Å². The molecule has 13 aromatic rings. The van der Waals surface area contributed by atoms with Gasteiger partial charge >= 0.3 is 0 Å². The molecule has 0 amide bonds. The van der Waals surface area contributed by atoms with E-state index in [4.69, 9.17) is 4.42 Å². The van der Waals surface area contributed by atoms with E-state index in [1.165, 1.54) is 59.8 Å². The van der Waals surface area contributed by atoms with Crippen LogP contribution in [-0.2, 0) is 0 Å². The Labute approximate surface area is 382 Å². The third kappa shape index (κ3) is 6.26. The van der Waals surface area contributed by atoms with Crippen molar-refractivity contribution >= 4 is 82.1 Å². The van der Waals surface area contributed by atoms with Gasteiger partial charge in [0.25, 0.3) is 0 Å². The van der Waals surface area contributed by atoms with Gasteiger partial charge in [0.2, 0.25) is 0 Å². The molecule has 66 heavy (non-hydrogen) atoms. The van der Waals surface area contributed by atoms with Crippen molar-refractivity contribution in [2.45, 2.75) is 0 Å². The van der Waals surface area contributed by atoms with Crippen molar-refractivity contribution in [3.05, 3.63) is 249 Å². The monoisotopic (exact) mass is 839 g/mol. The van der Waals surface area contributed by atoms with Crippen molar-refractivity contribution in [1.82, 2.24) is 0 Å². The summed E-state index contributed by atoms with van der Waals surface area (Å²) in [6, 6.07) is 90.4. The lowest BCUT2D eigenvalue weighted by molar-refractivity contribution is 0.669. The lowest BCUT2D eigenvalue weighted by atomic mass is 9.91. The first-order chi connectivity index (χ1) is 32.7. The summed E-state index contributed by atoms with van der Waals surface area (Å²) in [6.45, 7) is 0. The van der Waals surface area contributed by atoms with E-state index in [2.05, 4.69) is 241 Å². The zero-order chi connectivity index (χ0) is 43.6. The second-order valence-corrected chi connectivity index (χ2v) is 17.2. The number of anilines is 3. The van der Waals surface area contributed by atoms with Crippen LogP contribution in [0.3, 0.4) is 0 Å². The normalized spacial score (nSPS) is 11.6. The van der Waals surface area contributed by atoms with Gasteiger partial charge in [-0.1, -0.05) is 194 Å². The zero-order valence-corrected chi connectivity index (χ0v) is 36.0. The third-order valence-corrected chi connectivity index (χ3v) is 13.4. The Kier molecular flexibility index (Phi) is 8.89. The molecule has 0 aliphatic carbocycles. The molecule has 0 N–H and O–H groups in total.